The van der Waals surface area contributed by atoms with Gasteiger partial charge in [-0.1, -0.05) is 29.0 Å². The van der Waals surface area contributed by atoms with E-state index in [2.05, 4.69) is 15.5 Å². The molecule has 0 bridgehead atoms. The first-order valence-electron chi connectivity index (χ1n) is 11.0. The van der Waals surface area contributed by atoms with Crippen molar-refractivity contribution >= 4 is 57.2 Å². The zero-order chi connectivity index (χ0) is 24.7. The van der Waals surface area contributed by atoms with Crippen molar-refractivity contribution in [1.82, 2.24) is 10.2 Å². The molecule has 3 heterocycles. The van der Waals surface area contributed by atoms with Gasteiger partial charge in [-0.05, 0) is 48.9 Å². The molecule has 0 aliphatic carbocycles. The third kappa shape index (κ3) is 4.76. The van der Waals surface area contributed by atoms with Gasteiger partial charge in [0.1, 0.15) is 10.8 Å². The van der Waals surface area contributed by atoms with E-state index in [1.807, 2.05) is 19.1 Å². The standard InChI is InChI=1S/C24H21ClFN5O3S/c1-13-2-5-18(10-19(13)25)31-12-15(9-21(31)33)23-28-29-24(35-23)27-22(34)14-8-20(32)30(11-14)17-6-3-16(26)4-7-17/h2-7,10,14-15H,8-9,11-12H2,1H3,(H,27,29,34). The van der Waals surface area contributed by atoms with E-state index in [-0.39, 0.29) is 43.0 Å². The summed E-state index contributed by atoms with van der Waals surface area (Å²) in [6.45, 7) is 2.55. The number of rotatable bonds is 5. The highest BCUT2D eigenvalue weighted by molar-refractivity contribution is 7.15. The molecule has 2 atom stereocenters. The van der Waals surface area contributed by atoms with Crippen LogP contribution in [0.1, 0.15) is 29.3 Å². The van der Waals surface area contributed by atoms with Gasteiger partial charge < -0.3 is 15.1 Å². The summed E-state index contributed by atoms with van der Waals surface area (Å²) in [4.78, 5) is 41.0. The Morgan fingerprint density at radius 1 is 1.03 bits per heavy atom. The first-order chi connectivity index (χ1) is 16.8. The van der Waals surface area contributed by atoms with Gasteiger partial charge in [0.15, 0.2) is 0 Å². The lowest BCUT2D eigenvalue weighted by Crippen LogP contribution is -2.28. The number of nitrogens with one attached hydrogen (secondary N) is 1. The Morgan fingerprint density at radius 2 is 1.71 bits per heavy atom. The summed E-state index contributed by atoms with van der Waals surface area (Å²) in [5, 5.41) is 12.6. The highest BCUT2D eigenvalue weighted by Gasteiger charge is 2.37. The average Bonchev–Trinajstić information content (AvgIpc) is 3.55. The van der Waals surface area contributed by atoms with Crippen molar-refractivity contribution in [1.29, 1.82) is 0 Å². The number of anilines is 3. The Kier molecular flexibility index (Phi) is 6.24. The molecule has 2 aliphatic rings. The fraction of sp³-hybridized carbons (Fsp3) is 0.292. The second kappa shape index (κ2) is 9.35. The summed E-state index contributed by atoms with van der Waals surface area (Å²) in [6.07, 6.45) is 0.345. The summed E-state index contributed by atoms with van der Waals surface area (Å²) >= 11 is 7.44. The SMILES string of the molecule is Cc1ccc(N2CC(c3nnc(NC(=O)C4CC(=O)N(c5ccc(F)cc5)C4)s3)CC2=O)cc1Cl. The number of halogens is 2. The van der Waals surface area contributed by atoms with Gasteiger partial charge in [0.25, 0.3) is 0 Å². The van der Waals surface area contributed by atoms with Gasteiger partial charge in [0.2, 0.25) is 22.9 Å². The average molecular weight is 514 g/mol. The van der Waals surface area contributed by atoms with Crippen LogP contribution in [0.3, 0.4) is 0 Å². The number of benzene rings is 2. The van der Waals surface area contributed by atoms with Crippen molar-refractivity contribution < 1.29 is 18.8 Å². The van der Waals surface area contributed by atoms with Crippen LogP contribution in [0.15, 0.2) is 42.5 Å². The smallest absolute Gasteiger partial charge is 0.231 e. The number of aryl methyl sites for hydroxylation is 1. The molecule has 1 aromatic heterocycles. The molecule has 3 amide bonds. The Morgan fingerprint density at radius 3 is 2.46 bits per heavy atom. The molecule has 11 heteroatoms. The van der Waals surface area contributed by atoms with E-state index >= 15 is 0 Å². The first kappa shape index (κ1) is 23.4. The predicted molar refractivity (Wildman–Crippen MR) is 131 cm³/mol. The number of hydrogen-bond donors (Lipinski definition) is 1. The molecule has 0 saturated carbocycles. The minimum absolute atomic E-state index is 0.0268. The molecule has 5 rings (SSSR count). The van der Waals surface area contributed by atoms with Gasteiger partial charge in [0.05, 0.1) is 5.92 Å². The zero-order valence-corrected chi connectivity index (χ0v) is 20.3. The Labute approximate surface area is 209 Å². The van der Waals surface area contributed by atoms with Crippen LogP contribution >= 0.6 is 22.9 Å². The van der Waals surface area contributed by atoms with Crippen molar-refractivity contribution in [3.63, 3.8) is 0 Å². The fourth-order valence-electron chi connectivity index (χ4n) is 4.28. The minimum Gasteiger partial charge on any atom is -0.312 e. The van der Waals surface area contributed by atoms with E-state index < -0.39 is 11.7 Å². The fourth-order valence-corrected chi connectivity index (χ4v) is 5.30. The third-order valence-corrected chi connectivity index (χ3v) is 7.65. The molecule has 2 aromatic carbocycles. The van der Waals surface area contributed by atoms with Crippen molar-refractivity contribution in [2.24, 2.45) is 5.92 Å². The monoisotopic (exact) mass is 513 g/mol. The minimum atomic E-state index is -0.560. The van der Waals surface area contributed by atoms with Crippen molar-refractivity contribution in [2.45, 2.75) is 25.7 Å². The summed E-state index contributed by atoms with van der Waals surface area (Å²) in [5.41, 5.74) is 2.23. The predicted octanol–water partition coefficient (Wildman–Crippen LogP) is 4.15. The van der Waals surface area contributed by atoms with E-state index in [9.17, 15) is 18.8 Å². The van der Waals surface area contributed by atoms with E-state index in [4.69, 9.17) is 11.6 Å². The van der Waals surface area contributed by atoms with Gasteiger partial charge in [-0.2, -0.15) is 0 Å². The highest BCUT2D eigenvalue weighted by atomic mass is 35.5. The Hall–Kier alpha value is -3.37. The molecule has 8 nitrogen and oxygen atoms in total. The maximum atomic E-state index is 13.2. The lowest BCUT2D eigenvalue weighted by Gasteiger charge is -2.17. The maximum Gasteiger partial charge on any atom is 0.231 e. The second-order valence-corrected chi connectivity index (χ2v) is 10.1. The van der Waals surface area contributed by atoms with E-state index in [0.717, 1.165) is 11.3 Å². The molecule has 180 valence electrons. The van der Waals surface area contributed by atoms with E-state index in [0.29, 0.717) is 27.4 Å². The number of hydrogen-bond acceptors (Lipinski definition) is 6. The van der Waals surface area contributed by atoms with Gasteiger partial charge in [-0.15, -0.1) is 10.2 Å². The van der Waals surface area contributed by atoms with Crippen LogP contribution in [0.4, 0.5) is 20.9 Å². The summed E-state index contributed by atoms with van der Waals surface area (Å²) in [6, 6.07) is 11.1. The number of nitrogens with zero attached hydrogens (tertiary/aromatic N) is 4. The van der Waals surface area contributed by atoms with Gasteiger partial charge in [-0.25, -0.2) is 4.39 Å². The molecule has 2 unspecified atom stereocenters. The number of aromatic nitrogens is 2. The second-order valence-electron chi connectivity index (χ2n) is 8.66. The molecule has 1 N–H and O–H groups in total. The van der Waals surface area contributed by atoms with Crippen LogP contribution in [0.25, 0.3) is 0 Å². The topological polar surface area (TPSA) is 95.5 Å². The lowest BCUT2D eigenvalue weighted by atomic mass is 10.1. The number of amides is 3. The Balaban J connectivity index is 1.22. The van der Waals surface area contributed by atoms with Crippen LogP contribution in [0.5, 0.6) is 0 Å². The molecule has 2 saturated heterocycles. The van der Waals surface area contributed by atoms with Crippen LogP contribution in [-0.2, 0) is 14.4 Å². The van der Waals surface area contributed by atoms with Gasteiger partial charge in [-0.3, -0.25) is 14.4 Å². The zero-order valence-electron chi connectivity index (χ0n) is 18.7. The molecular weight excluding hydrogens is 493 g/mol. The van der Waals surface area contributed by atoms with Crippen LogP contribution in [-0.4, -0.2) is 41.0 Å². The van der Waals surface area contributed by atoms with Gasteiger partial charge >= 0.3 is 0 Å². The Bertz CT molecular complexity index is 1310. The summed E-state index contributed by atoms with van der Waals surface area (Å²) in [7, 11) is 0. The quantitative estimate of drug-likeness (QED) is 0.553. The summed E-state index contributed by atoms with van der Waals surface area (Å²) < 4.78 is 13.2. The lowest BCUT2D eigenvalue weighted by molar-refractivity contribution is -0.122. The first-order valence-corrected chi connectivity index (χ1v) is 12.2. The van der Waals surface area contributed by atoms with E-state index in [1.54, 1.807) is 11.0 Å². The normalized spacial score (nSPS) is 20.1. The van der Waals surface area contributed by atoms with Crippen molar-refractivity contribution in [3.8, 4) is 0 Å². The molecule has 2 fully saturated rings. The molecule has 3 aromatic rings. The maximum absolute atomic E-state index is 13.2. The van der Waals surface area contributed by atoms with Crippen LogP contribution in [0.2, 0.25) is 5.02 Å². The third-order valence-electron chi connectivity index (χ3n) is 6.25. The van der Waals surface area contributed by atoms with E-state index in [1.165, 1.54) is 40.5 Å². The molecular formula is C24H21ClFN5O3S. The molecule has 2 aliphatic heterocycles. The van der Waals surface area contributed by atoms with Gasteiger partial charge in [0, 0.05) is 48.2 Å². The van der Waals surface area contributed by atoms with Crippen molar-refractivity contribution in [3.05, 3.63) is 63.9 Å². The number of carbonyl (C=O) groups excluding carboxylic acids is 3. The summed E-state index contributed by atoms with van der Waals surface area (Å²) in [5.74, 6) is -1.65. The van der Waals surface area contributed by atoms with Crippen LogP contribution < -0.4 is 15.1 Å². The number of carbonyl (C=O) groups is 3. The molecule has 0 radical (unpaired) electrons. The highest BCUT2D eigenvalue weighted by Crippen LogP contribution is 2.36. The van der Waals surface area contributed by atoms with Crippen molar-refractivity contribution in [2.75, 3.05) is 28.2 Å². The molecule has 0 spiro atoms. The largest absolute Gasteiger partial charge is 0.312 e. The van der Waals surface area contributed by atoms with Crippen LogP contribution in [0, 0.1) is 18.7 Å². The molecule has 35 heavy (non-hydrogen) atoms.